The molecule has 1 amide bonds. The number of hydrogen-bond acceptors (Lipinski definition) is 5. The molecule has 114 valence electrons. The molecule has 0 atom stereocenters. The Kier molecular flexibility index (Phi) is 5.37. The molecule has 6 heteroatoms. The second-order valence-corrected chi connectivity index (χ2v) is 5.70. The Labute approximate surface area is 119 Å². The Morgan fingerprint density at radius 3 is 2.50 bits per heavy atom. The first-order valence-electron chi connectivity index (χ1n) is 7.31. The van der Waals surface area contributed by atoms with Crippen molar-refractivity contribution in [2.75, 3.05) is 46.0 Å². The smallest absolute Gasteiger partial charge is 0.302 e. The molecule has 0 unspecified atom stereocenters. The van der Waals surface area contributed by atoms with E-state index in [0.29, 0.717) is 39.3 Å². The van der Waals surface area contributed by atoms with E-state index in [0.717, 1.165) is 25.9 Å². The average molecular weight is 284 g/mol. The van der Waals surface area contributed by atoms with Crippen LogP contribution >= 0.6 is 0 Å². The van der Waals surface area contributed by atoms with Crippen LogP contribution in [0.4, 0.5) is 0 Å². The highest BCUT2D eigenvalue weighted by molar-refractivity contribution is 5.77. The number of hydrogen-bond donors (Lipinski definition) is 1. The second-order valence-electron chi connectivity index (χ2n) is 5.70. The Morgan fingerprint density at radius 2 is 1.90 bits per heavy atom. The van der Waals surface area contributed by atoms with Gasteiger partial charge in [0.1, 0.15) is 0 Å². The van der Waals surface area contributed by atoms with Gasteiger partial charge in [-0.15, -0.1) is 0 Å². The number of piperidine rings is 1. The molecule has 0 aliphatic carbocycles. The molecule has 0 spiro atoms. The maximum atomic E-state index is 12.4. The highest BCUT2D eigenvalue weighted by Gasteiger charge is 2.37. The van der Waals surface area contributed by atoms with Crippen molar-refractivity contribution in [2.24, 2.45) is 5.41 Å². The minimum absolute atomic E-state index is 0.155. The molecule has 0 saturated carbocycles. The molecular weight excluding hydrogens is 260 g/mol. The maximum absolute atomic E-state index is 12.4. The zero-order valence-corrected chi connectivity index (χ0v) is 12.2. The monoisotopic (exact) mass is 284 g/mol. The summed E-state index contributed by atoms with van der Waals surface area (Å²) in [5.74, 6) is -0.121. The van der Waals surface area contributed by atoms with E-state index in [1.165, 1.54) is 6.92 Å². The van der Waals surface area contributed by atoms with Crippen molar-refractivity contribution in [1.29, 1.82) is 0 Å². The third-order valence-electron chi connectivity index (χ3n) is 4.14. The third kappa shape index (κ3) is 4.18. The molecule has 0 aromatic rings. The fraction of sp³-hybridized carbons (Fsp3) is 0.857. The number of morpholine rings is 1. The summed E-state index contributed by atoms with van der Waals surface area (Å²) in [6.07, 6.45) is 2.20. The fourth-order valence-corrected chi connectivity index (χ4v) is 2.83. The Bertz CT molecular complexity index is 347. The number of nitrogens with zero attached hydrogens (tertiary/aromatic N) is 1. The maximum Gasteiger partial charge on any atom is 0.302 e. The first kappa shape index (κ1) is 15.3. The molecular formula is C14H24N2O4. The van der Waals surface area contributed by atoms with Crippen LogP contribution in [0.5, 0.6) is 0 Å². The third-order valence-corrected chi connectivity index (χ3v) is 4.14. The summed E-state index contributed by atoms with van der Waals surface area (Å²) in [6, 6.07) is 0. The van der Waals surface area contributed by atoms with Gasteiger partial charge in [0.2, 0.25) is 5.91 Å². The normalized spacial score (nSPS) is 22.4. The number of carbonyl (C=O) groups excluding carboxylic acids is 2. The van der Waals surface area contributed by atoms with Crippen LogP contribution in [0.1, 0.15) is 26.2 Å². The summed E-state index contributed by atoms with van der Waals surface area (Å²) in [5.41, 5.74) is -0.202. The van der Waals surface area contributed by atoms with Gasteiger partial charge in [0, 0.05) is 31.8 Å². The van der Waals surface area contributed by atoms with E-state index in [9.17, 15) is 9.59 Å². The van der Waals surface area contributed by atoms with Crippen LogP contribution in [-0.2, 0) is 19.1 Å². The molecule has 2 heterocycles. The lowest BCUT2D eigenvalue weighted by Gasteiger charge is -2.38. The van der Waals surface area contributed by atoms with Crippen molar-refractivity contribution >= 4 is 11.9 Å². The standard InChI is InChI=1S/C14H24N2O4/c1-12(17)20-11-14(2-4-15-5-3-14)10-13(18)16-6-8-19-9-7-16/h15H,2-11H2,1H3. The van der Waals surface area contributed by atoms with E-state index in [1.807, 2.05) is 4.90 Å². The molecule has 0 aromatic carbocycles. The van der Waals surface area contributed by atoms with Crippen LogP contribution < -0.4 is 5.32 Å². The number of nitrogens with one attached hydrogen (secondary N) is 1. The predicted octanol–water partition coefficient (Wildman–Crippen LogP) is 0.168. The lowest BCUT2D eigenvalue weighted by Crippen LogP contribution is -2.47. The number of esters is 1. The van der Waals surface area contributed by atoms with E-state index >= 15 is 0 Å². The fourth-order valence-electron chi connectivity index (χ4n) is 2.83. The van der Waals surface area contributed by atoms with E-state index in [4.69, 9.17) is 9.47 Å². The van der Waals surface area contributed by atoms with Crippen molar-refractivity contribution < 1.29 is 19.1 Å². The quantitative estimate of drug-likeness (QED) is 0.745. The number of amides is 1. The topological polar surface area (TPSA) is 67.9 Å². The minimum Gasteiger partial charge on any atom is -0.465 e. The molecule has 2 fully saturated rings. The SMILES string of the molecule is CC(=O)OCC1(CC(=O)N2CCOCC2)CCNCC1. The molecule has 2 aliphatic rings. The summed E-state index contributed by atoms with van der Waals surface area (Å²) in [6.45, 7) is 6.07. The van der Waals surface area contributed by atoms with Crippen LogP contribution in [0.25, 0.3) is 0 Å². The molecule has 1 N–H and O–H groups in total. The lowest BCUT2D eigenvalue weighted by atomic mass is 9.76. The molecule has 20 heavy (non-hydrogen) atoms. The first-order valence-corrected chi connectivity index (χ1v) is 7.31. The zero-order valence-electron chi connectivity index (χ0n) is 12.2. The van der Waals surface area contributed by atoms with E-state index in [1.54, 1.807) is 0 Å². The van der Waals surface area contributed by atoms with Crippen LogP contribution in [0.15, 0.2) is 0 Å². The van der Waals surface area contributed by atoms with Gasteiger partial charge in [0.25, 0.3) is 0 Å². The van der Waals surface area contributed by atoms with Crippen molar-refractivity contribution in [3.05, 3.63) is 0 Å². The van der Waals surface area contributed by atoms with Crippen LogP contribution in [0.3, 0.4) is 0 Å². The van der Waals surface area contributed by atoms with Gasteiger partial charge in [0.05, 0.1) is 19.8 Å². The summed E-state index contributed by atoms with van der Waals surface area (Å²) < 4.78 is 10.5. The summed E-state index contributed by atoms with van der Waals surface area (Å²) >= 11 is 0. The van der Waals surface area contributed by atoms with Crippen molar-refractivity contribution in [2.45, 2.75) is 26.2 Å². The highest BCUT2D eigenvalue weighted by atomic mass is 16.5. The van der Waals surface area contributed by atoms with E-state index in [2.05, 4.69) is 5.32 Å². The van der Waals surface area contributed by atoms with Gasteiger partial charge in [-0.25, -0.2) is 0 Å². The van der Waals surface area contributed by atoms with Gasteiger partial charge in [0.15, 0.2) is 0 Å². The molecule has 0 aromatic heterocycles. The van der Waals surface area contributed by atoms with Gasteiger partial charge in [-0.1, -0.05) is 0 Å². The zero-order chi connectivity index (χ0) is 14.4. The summed E-state index contributed by atoms with van der Waals surface area (Å²) in [4.78, 5) is 25.4. The molecule has 6 nitrogen and oxygen atoms in total. The van der Waals surface area contributed by atoms with Crippen LogP contribution in [0, 0.1) is 5.41 Å². The van der Waals surface area contributed by atoms with Crippen molar-refractivity contribution in [3.8, 4) is 0 Å². The number of carbonyl (C=O) groups is 2. The minimum atomic E-state index is -0.276. The largest absolute Gasteiger partial charge is 0.465 e. The van der Waals surface area contributed by atoms with Gasteiger partial charge >= 0.3 is 5.97 Å². The van der Waals surface area contributed by atoms with Gasteiger partial charge < -0.3 is 19.7 Å². The van der Waals surface area contributed by atoms with Gasteiger partial charge in [-0.3, -0.25) is 9.59 Å². The highest BCUT2D eigenvalue weighted by Crippen LogP contribution is 2.34. The molecule has 2 aliphatic heterocycles. The van der Waals surface area contributed by atoms with Crippen LogP contribution in [0.2, 0.25) is 0 Å². The average Bonchev–Trinajstić information content (AvgIpc) is 2.47. The van der Waals surface area contributed by atoms with Gasteiger partial charge in [-0.2, -0.15) is 0 Å². The predicted molar refractivity (Wildman–Crippen MR) is 73.2 cm³/mol. The second kappa shape index (κ2) is 7.04. The molecule has 0 radical (unpaired) electrons. The van der Waals surface area contributed by atoms with E-state index in [-0.39, 0.29) is 17.3 Å². The molecule has 0 bridgehead atoms. The summed E-state index contributed by atoms with van der Waals surface area (Å²) in [5, 5.41) is 3.29. The Balaban J connectivity index is 1.95. The summed E-state index contributed by atoms with van der Waals surface area (Å²) in [7, 11) is 0. The molecule has 2 rings (SSSR count). The number of rotatable bonds is 4. The van der Waals surface area contributed by atoms with Crippen LogP contribution in [-0.4, -0.2) is 62.8 Å². The Morgan fingerprint density at radius 1 is 1.25 bits per heavy atom. The molecule has 2 saturated heterocycles. The van der Waals surface area contributed by atoms with Gasteiger partial charge in [-0.05, 0) is 25.9 Å². The number of ether oxygens (including phenoxy) is 2. The Hall–Kier alpha value is -1.14. The lowest BCUT2D eigenvalue weighted by molar-refractivity contribution is -0.149. The van der Waals surface area contributed by atoms with Crippen molar-refractivity contribution in [1.82, 2.24) is 10.2 Å². The van der Waals surface area contributed by atoms with E-state index < -0.39 is 0 Å². The first-order chi connectivity index (χ1) is 9.61. The van der Waals surface area contributed by atoms with Crippen molar-refractivity contribution in [3.63, 3.8) is 0 Å².